The maximum absolute atomic E-state index is 5.82. The molecule has 1 heterocycles. The molecule has 106 valence electrons. The van der Waals surface area contributed by atoms with Crippen molar-refractivity contribution in [3.05, 3.63) is 0 Å². The van der Waals surface area contributed by atoms with E-state index in [1.54, 1.807) is 0 Å². The molecule has 1 aliphatic heterocycles. The van der Waals surface area contributed by atoms with Gasteiger partial charge in [-0.3, -0.25) is 0 Å². The van der Waals surface area contributed by atoms with Gasteiger partial charge in [-0.25, -0.2) is 0 Å². The van der Waals surface area contributed by atoms with Crippen LogP contribution in [0.15, 0.2) is 0 Å². The number of hydrogen-bond acceptors (Lipinski definition) is 2. The van der Waals surface area contributed by atoms with Gasteiger partial charge in [-0.1, -0.05) is 39.0 Å². The number of rotatable bonds is 6. The second kappa shape index (κ2) is 7.49. The van der Waals surface area contributed by atoms with E-state index in [-0.39, 0.29) is 0 Å². The van der Waals surface area contributed by atoms with Crippen molar-refractivity contribution < 1.29 is 4.74 Å². The van der Waals surface area contributed by atoms with E-state index in [1.807, 2.05) is 0 Å². The zero-order chi connectivity index (χ0) is 12.7. The Morgan fingerprint density at radius 3 is 2.67 bits per heavy atom. The van der Waals surface area contributed by atoms with Crippen molar-refractivity contribution in [2.45, 2.75) is 64.7 Å². The maximum atomic E-state index is 5.82. The predicted octanol–water partition coefficient (Wildman–Crippen LogP) is 3.75. The topological polar surface area (TPSA) is 21.3 Å². The van der Waals surface area contributed by atoms with Crippen molar-refractivity contribution in [2.24, 2.45) is 11.3 Å². The molecular weight excluding hydrogens is 222 g/mol. The largest absolute Gasteiger partial charge is 0.381 e. The van der Waals surface area contributed by atoms with Crippen molar-refractivity contribution in [3.63, 3.8) is 0 Å². The van der Waals surface area contributed by atoms with E-state index in [0.29, 0.717) is 5.41 Å². The smallest absolute Gasteiger partial charge is 0.0534 e. The second-order valence-corrected chi connectivity index (χ2v) is 6.54. The molecular formula is C16H31NO. The first-order chi connectivity index (χ1) is 8.85. The van der Waals surface area contributed by atoms with Gasteiger partial charge >= 0.3 is 0 Å². The highest BCUT2D eigenvalue weighted by Crippen LogP contribution is 2.39. The fourth-order valence-corrected chi connectivity index (χ4v) is 3.82. The highest BCUT2D eigenvalue weighted by molar-refractivity contribution is 4.87. The van der Waals surface area contributed by atoms with E-state index in [0.717, 1.165) is 25.7 Å². The van der Waals surface area contributed by atoms with Crippen LogP contribution in [0.2, 0.25) is 0 Å². The van der Waals surface area contributed by atoms with Crippen LogP contribution in [0.3, 0.4) is 0 Å². The molecule has 1 saturated carbocycles. The average Bonchev–Trinajstić information content (AvgIpc) is 2.41. The summed E-state index contributed by atoms with van der Waals surface area (Å²) in [5.74, 6) is 0.976. The third-order valence-electron chi connectivity index (χ3n) is 4.78. The molecule has 1 aliphatic carbocycles. The van der Waals surface area contributed by atoms with Crippen LogP contribution in [0.1, 0.15) is 64.7 Å². The highest BCUT2D eigenvalue weighted by Gasteiger charge is 2.35. The molecule has 1 saturated heterocycles. The Hall–Kier alpha value is -0.0800. The normalized spacial score (nSPS) is 30.5. The lowest BCUT2D eigenvalue weighted by Crippen LogP contribution is -2.42. The van der Waals surface area contributed by atoms with Gasteiger partial charge in [-0.05, 0) is 38.1 Å². The Labute approximate surface area is 113 Å². The standard InChI is InChI=1S/C16H31NO/c1-2-10-17-13-16(9-6-11-18-14-16)12-15-7-4-3-5-8-15/h15,17H,2-14H2,1H3. The molecule has 1 N–H and O–H groups in total. The number of hydrogen-bond donors (Lipinski definition) is 1. The van der Waals surface area contributed by atoms with Crippen LogP contribution < -0.4 is 5.32 Å². The van der Waals surface area contributed by atoms with Gasteiger partial charge in [0.2, 0.25) is 0 Å². The lowest BCUT2D eigenvalue weighted by Gasteiger charge is -2.40. The molecule has 0 amide bonds. The molecule has 2 fully saturated rings. The van der Waals surface area contributed by atoms with Crippen LogP contribution in [0, 0.1) is 11.3 Å². The summed E-state index contributed by atoms with van der Waals surface area (Å²) in [5.41, 5.74) is 0.454. The predicted molar refractivity (Wildman–Crippen MR) is 76.8 cm³/mol. The summed E-state index contributed by atoms with van der Waals surface area (Å²) < 4.78 is 5.82. The first-order valence-electron chi connectivity index (χ1n) is 8.13. The minimum atomic E-state index is 0.454. The van der Waals surface area contributed by atoms with Gasteiger partial charge in [0.1, 0.15) is 0 Å². The molecule has 2 heteroatoms. The fourth-order valence-electron chi connectivity index (χ4n) is 3.82. The zero-order valence-electron chi connectivity index (χ0n) is 12.2. The Balaban J connectivity index is 1.85. The van der Waals surface area contributed by atoms with Gasteiger partial charge in [0.25, 0.3) is 0 Å². The number of ether oxygens (including phenoxy) is 1. The molecule has 0 spiro atoms. The van der Waals surface area contributed by atoms with Crippen LogP contribution in [0.5, 0.6) is 0 Å². The third kappa shape index (κ3) is 4.24. The van der Waals surface area contributed by atoms with Crippen molar-refractivity contribution in [1.82, 2.24) is 5.32 Å². The quantitative estimate of drug-likeness (QED) is 0.728. The van der Waals surface area contributed by atoms with Gasteiger partial charge in [-0.2, -0.15) is 0 Å². The van der Waals surface area contributed by atoms with Crippen molar-refractivity contribution in [2.75, 3.05) is 26.3 Å². The van der Waals surface area contributed by atoms with E-state index in [4.69, 9.17) is 4.74 Å². The van der Waals surface area contributed by atoms with Crippen molar-refractivity contribution >= 4 is 0 Å². The molecule has 0 aromatic heterocycles. The summed E-state index contributed by atoms with van der Waals surface area (Å²) in [5, 5.41) is 3.66. The summed E-state index contributed by atoms with van der Waals surface area (Å²) in [6, 6.07) is 0. The van der Waals surface area contributed by atoms with E-state index in [2.05, 4.69) is 12.2 Å². The van der Waals surface area contributed by atoms with Crippen LogP contribution in [-0.4, -0.2) is 26.3 Å². The van der Waals surface area contributed by atoms with Gasteiger partial charge < -0.3 is 10.1 Å². The van der Waals surface area contributed by atoms with Crippen LogP contribution in [0.4, 0.5) is 0 Å². The minimum absolute atomic E-state index is 0.454. The number of nitrogens with one attached hydrogen (secondary N) is 1. The fraction of sp³-hybridized carbons (Fsp3) is 1.00. The molecule has 2 rings (SSSR count). The minimum Gasteiger partial charge on any atom is -0.381 e. The summed E-state index contributed by atoms with van der Waals surface area (Å²) in [7, 11) is 0. The van der Waals surface area contributed by atoms with Gasteiger partial charge in [0, 0.05) is 18.6 Å². The lowest BCUT2D eigenvalue weighted by atomic mass is 9.71. The van der Waals surface area contributed by atoms with Gasteiger partial charge in [0.05, 0.1) is 6.61 Å². The monoisotopic (exact) mass is 253 g/mol. The SMILES string of the molecule is CCCNCC1(CC2CCCCC2)CCCOC1. The van der Waals surface area contributed by atoms with Crippen LogP contribution in [0.25, 0.3) is 0 Å². The molecule has 18 heavy (non-hydrogen) atoms. The van der Waals surface area contributed by atoms with E-state index < -0.39 is 0 Å². The maximum Gasteiger partial charge on any atom is 0.0534 e. The Morgan fingerprint density at radius 1 is 1.17 bits per heavy atom. The zero-order valence-corrected chi connectivity index (χ0v) is 12.2. The molecule has 1 atom stereocenters. The highest BCUT2D eigenvalue weighted by atomic mass is 16.5. The Morgan fingerprint density at radius 2 is 2.00 bits per heavy atom. The molecule has 2 aliphatic rings. The lowest BCUT2D eigenvalue weighted by molar-refractivity contribution is -0.0232. The Bertz CT molecular complexity index is 217. The van der Waals surface area contributed by atoms with Gasteiger partial charge in [-0.15, -0.1) is 0 Å². The first kappa shape index (κ1) is 14.3. The van der Waals surface area contributed by atoms with Crippen LogP contribution >= 0.6 is 0 Å². The molecule has 0 radical (unpaired) electrons. The van der Waals surface area contributed by atoms with Crippen LogP contribution in [-0.2, 0) is 4.74 Å². The molecule has 2 nitrogen and oxygen atoms in total. The Kier molecular flexibility index (Phi) is 5.97. The second-order valence-electron chi connectivity index (χ2n) is 6.54. The summed E-state index contributed by atoms with van der Waals surface area (Å²) in [4.78, 5) is 0. The summed E-state index contributed by atoms with van der Waals surface area (Å²) >= 11 is 0. The van der Waals surface area contributed by atoms with Gasteiger partial charge in [0.15, 0.2) is 0 Å². The van der Waals surface area contributed by atoms with E-state index in [9.17, 15) is 0 Å². The molecule has 0 aromatic carbocycles. The first-order valence-corrected chi connectivity index (χ1v) is 8.13. The molecule has 1 unspecified atom stereocenters. The van der Waals surface area contributed by atoms with Crippen molar-refractivity contribution in [1.29, 1.82) is 0 Å². The summed E-state index contributed by atoms with van der Waals surface area (Å²) in [6.45, 7) is 6.57. The third-order valence-corrected chi connectivity index (χ3v) is 4.78. The summed E-state index contributed by atoms with van der Waals surface area (Å²) in [6.07, 6.45) is 12.6. The molecule has 0 aromatic rings. The van der Waals surface area contributed by atoms with E-state index >= 15 is 0 Å². The van der Waals surface area contributed by atoms with Crippen molar-refractivity contribution in [3.8, 4) is 0 Å². The molecule has 0 bridgehead atoms. The van der Waals surface area contributed by atoms with E-state index in [1.165, 1.54) is 64.3 Å². The average molecular weight is 253 g/mol.